The first kappa shape index (κ1) is 21.6. The van der Waals surface area contributed by atoms with E-state index in [0.29, 0.717) is 11.1 Å². The number of carbonyl (C=O) groups is 4. The maximum Gasteiger partial charge on any atom is 0.338 e. The Balaban J connectivity index is 1.43. The summed E-state index contributed by atoms with van der Waals surface area (Å²) in [5.41, 5.74) is 1.54. The summed E-state index contributed by atoms with van der Waals surface area (Å²) in [7, 11) is 0. The first-order chi connectivity index (χ1) is 15.8. The van der Waals surface area contributed by atoms with Crippen LogP contribution in [0.2, 0.25) is 0 Å². The van der Waals surface area contributed by atoms with Crippen LogP contribution < -0.4 is 5.32 Å². The van der Waals surface area contributed by atoms with Crippen molar-refractivity contribution >= 4 is 34.8 Å². The molecule has 1 aliphatic carbocycles. The Hall–Kier alpha value is -4.66. The van der Waals surface area contributed by atoms with Crippen molar-refractivity contribution in [2.24, 2.45) is 0 Å². The SMILES string of the molecule is Cc1cc(C(=O)OCC(=O)Nc2ccc3c(c2)C(=O)c2ccccc2C3=O)ccc1[N+](=O)[O-]. The van der Waals surface area contributed by atoms with E-state index in [1.165, 1.54) is 43.3 Å². The van der Waals surface area contributed by atoms with Gasteiger partial charge in [-0.25, -0.2) is 4.79 Å². The van der Waals surface area contributed by atoms with Crippen molar-refractivity contribution < 1.29 is 28.8 Å². The number of fused-ring (bicyclic) bond motifs is 2. The third-order valence-electron chi connectivity index (χ3n) is 5.17. The van der Waals surface area contributed by atoms with Crippen molar-refractivity contribution in [3.8, 4) is 0 Å². The molecule has 1 aliphatic rings. The van der Waals surface area contributed by atoms with Gasteiger partial charge in [-0.3, -0.25) is 24.5 Å². The lowest BCUT2D eigenvalue weighted by atomic mass is 9.84. The number of benzene rings is 3. The maximum absolute atomic E-state index is 12.8. The third kappa shape index (κ3) is 4.11. The summed E-state index contributed by atoms with van der Waals surface area (Å²) in [4.78, 5) is 60.2. The minimum absolute atomic E-state index is 0.0717. The van der Waals surface area contributed by atoms with Gasteiger partial charge in [0.1, 0.15) is 0 Å². The number of amides is 1. The largest absolute Gasteiger partial charge is 0.452 e. The summed E-state index contributed by atoms with van der Waals surface area (Å²) in [6.45, 7) is 0.879. The van der Waals surface area contributed by atoms with Crippen molar-refractivity contribution in [3.05, 3.63) is 104 Å². The second-order valence-electron chi connectivity index (χ2n) is 7.35. The van der Waals surface area contributed by atoms with E-state index in [2.05, 4.69) is 5.32 Å². The molecule has 164 valence electrons. The Labute approximate surface area is 187 Å². The molecule has 4 rings (SSSR count). The average molecular weight is 444 g/mol. The van der Waals surface area contributed by atoms with E-state index in [9.17, 15) is 29.3 Å². The van der Waals surface area contributed by atoms with E-state index in [0.717, 1.165) is 0 Å². The normalized spacial score (nSPS) is 11.9. The van der Waals surface area contributed by atoms with Crippen LogP contribution in [0.15, 0.2) is 60.7 Å². The number of ketones is 2. The van der Waals surface area contributed by atoms with Crippen LogP contribution in [0.4, 0.5) is 11.4 Å². The number of hydrogen-bond donors (Lipinski definition) is 1. The van der Waals surface area contributed by atoms with Crippen LogP contribution in [0.3, 0.4) is 0 Å². The number of nitrogens with zero attached hydrogens (tertiary/aromatic N) is 1. The van der Waals surface area contributed by atoms with Gasteiger partial charge in [-0.1, -0.05) is 24.3 Å². The summed E-state index contributed by atoms with van der Waals surface area (Å²) in [5.74, 6) is -2.07. The molecule has 0 unspecified atom stereocenters. The van der Waals surface area contributed by atoms with E-state index >= 15 is 0 Å². The first-order valence-electron chi connectivity index (χ1n) is 9.81. The predicted molar refractivity (Wildman–Crippen MR) is 116 cm³/mol. The van der Waals surface area contributed by atoms with Crippen LogP contribution >= 0.6 is 0 Å². The van der Waals surface area contributed by atoms with Crippen LogP contribution in [0.25, 0.3) is 0 Å². The smallest absolute Gasteiger partial charge is 0.338 e. The van der Waals surface area contributed by atoms with Gasteiger partial charge in [0.05, 0.1) is 10.5 Å². The lowest BCUT2D eigenvalue weighted by molar-refractivity contribution is -0.385. The molecule has 1 amide bonds. The number of aryl methyl sites for hydroxylation is 1. The Morgan fingerprint density at radius 2 is 1.55 bits per heavy atom. The van der Waals surface area contributed by atoms with Gasteiger partial charge in [-0.2, -0.15) is 0 Å². The molecule has 0 saturated carbocycles. The van der Waals surface area contributed by atoms with E-state index in [1.54, 1.807) is 24.3 Å². The molecule has 0 bridgehead atoms. The van der Waals surface area contributed by atoms with Crippen molar-refractivity contribution in [2.45, 2.75) is 6.92 Å². The maximum atomic E-state index is 12.8. The van der Waals surface area contributed by atoms with Crippen LogP contribution in [-0.4, -0.2) is 35.0 Å². The highest BCUT2D eigenvalue weighted by atomic mass is 16.6. The van der Waals surface area contributed by atoms with Crippen LogP contribution in [-0.2, 0) is 9.53 Å². The number of hydrogen-bond acceptors (Lipinski definition) is 7. The monoisotopic (exact) mass is 444 g/mol. The topological polar surface area (TPSA) is 133 Å². The van der Waals surface area contributed by atoms with Gasteiger partial charge in [0, 0.05) is 39.6 Å². The molecule has 9 heteroatoms. The molecule has 33 heavy (non-hydrogen) atoms. The quantitative estimate of drug-likeness (QED) is 0.283. The van der Waals surface area contributed by atoms with Crippen molar-refractivity contribution in [1.29, 1.82) is 0 Å². The van der Waals surface area contributed by atoms with Gasteiger partial charge >= 0.3 is 5.97 Å². The fourth-order valence-electron chi connectivity index (χ4n) is 3.58. The summed E-state index contributed by atoms with van der Waals surface area (Å²) in [6.07, 6.45) is 0. The molecule has 3 aromatic carbocycles. The molecule has 0 saturated heterocycles. The number of nitro groups is 1. The lowest BCUT2D eigenvalue weighted by Crippen LogP contribution is -2.23. The fraction of sp³-hybridized carbons (Fsp3) is 0.0833. The average Bonchev–Trinajstić information content (AvgIpc) is 2.80. The fourth-order valence-corrected chi connectivity index (χ4v) is 3.58. The number of anilines is 1. The van der Waals surface area contributed by atoms with Crippen molar-refractivity contribution in [1.82, 2.24) is 0 Å². The van der Waals surface area contributed by atoms with Gasteiger partial charge in [0.2, 0.25) is 0 Å². The van der Waals surface area contributed by atoms with Gasteiger partial charge in [-0.05, 0) is 37.3 Å². The van der Waals surface area contributed by atoms with E-state index in [-0.39, 0.29) is 45.2 Å². The Morgan fingerprint density at radius 3 is 2.18 bits per heavy atom. The number of nitro benzene ring substituents is 1. The molecule has 0 aromatic heterocycles. The third-order valence-corrected chi connectivity index (χ3v) is 5.17. The number of ether oxygens (including phenoxy) is 1. The summed E-state index contributed by atoms with van der Waals surface area (Å²) in [6, 6.07) is 14.6. The van der Waals surface area contributed by atoms with Crippen molar-refractivity contribution in [2.75, 3.05) is 11.9 Å². The highest BCUT2D eigenvalue weighted by Crippen LogP contribution is 2.29. The van der Waals surface area contributed by atoms with Gasteiger partial charge in [0.15, 0.2) is 18.2 Å². The van der Waals surface area contributed by atoms with Gasteiger partial charge in [-0.15, -0.1) is 0 Å². The van der Waals surface area contributed by atoms with Crippen molar-refractivity contribution in [3.63, 3.8) is 0 Å². The van der Waals surface area contributed by atoms with Crippen LogP contribution in [0.1, 0.15) is 47.8 Å². The van der Waals surface area contributed by atoms with E-state index in [1.807, 2.05) is 0 Å². The highest BCUT2D eigenvalue weighted by molar-refractivity contribution is 6.28. The molecular weight excluding hydrogens is 428 g/mol. The second kappa shape index (κ2) is 8.46. The molecule has 0 heterocycles. The Kier molecular flexibility index (Phi) is 5.53. The summed E-state index contributed by atoms with van der Waals surface area (Å²) < 4.78 is 4.97. The first-order valence-corrected chi connectivity index (χ1v) is 9.81. The van der Waals surface area contributed by atoms with E-state index in [4.69, 9.17) is 4.74 Å². The van der Waals surface area contributed by atoms with E-state index < -0.39 is 23.4 Å². The molecule has 0 fully saturated rings. The zero-order valence-corrected chi connectivity index (χ0v) is 17.3. The number of carbonyl (C=O) groups excluding carboxylic acids is 4. The molecule has 0 aliphatic heterocycles. The van der Waals surface area contributed by atoms with Gasteiger partial charge in [0.25, 0.3) is 11.6 Å². The summed E-state index contributed by atoms with van der Waals surface area (Å²) >= 11 is 0. The molecule has 0 spiro atoms. The summed E-state index contributed by atoms with van der Waals surface area (Å²) in [5, 5.41) is 13.4. The molecule has 1 N–H and O–H groups in total. The molecule has 3 aromatic rings. The van der Waals surface area contributed by atoms with Gasteiger partial charge < -0.3 is 10.1 Å². The zero-order valence-electron chi connectivity index (χ0n) is 17.3. The Bertz CT molecular complexity index is 1360. The Morgan fingerprint density at radius 1 is 0.909 bits per heavy atom. The lowest BCUT2D eigenvalue weighted by Gasteiger charge is -2.18. The number of esters is 1. The van der Waals surface area contributed by atoms with Crippen LogP contribution in [0, 0.1) is 17.0 Å². The minimum atomic E-state index is -0.814. The number of rotatable bonds is 5. The molecular formula is C24H16N2O7. The highest BCUT2D eigenvalue weighted by Gasteiger charge is 2.29. The standard InChI is InChI=1S/C24H16N2O7/c1-13-10-14(6-9-20(13)26(31)32)24(30)33-12-21(27)25-15-7-8-18-19(11-15)23(29)17-5-3-2-4-16(17)22(18)28/h2-11H,12H2,1H3,(H,25,27). The number of nitrogens with one attached hydrogen (secondary N) is 1. The zero-order chi connectivity index (χ0) is 23.7. The second-order valence-corrected chi connectivity index (χ2v) is 7.35. The minimum Gasteiger partial charge on any atom is -0.452 e. The molecule has 0 atom stereocenters. The predicted octanol–water partition coefficient (Wildman–Crippen LogP) is 3.47. The molecule has 0 radical (unpaired) electrons. The molecule has 9 nitrogen and oxygen atoms in total. The van der Waals surface area contributed by atoms with Crippen LogP contribution in [0.5, 0.6) is 0 Å².